The Balaban J connectivity index is 1.81. The van der Waals surface area contributed by atoms with Crippen LogP contribution in [0.1, 0.15) is 33.1 Å². The maximum Gasteiger partial charge on any atom is 0.151 e. The van der Waals surface area contributed by atoms with Crippen molar-refractivity contribution in [1.29, 1.82) is 0 Å². The molecule has 5 heteroatoms. The van der Waals surface area contributed by atoms with Crippen molar-refractivity contribution in [1.82, 2.24) is 10.2 Å². The molecule has 4 nitrogen and oxygen atoms in total. The molecule has 0 spiro atoms. The zero-order valence-corrected chi connectivity index (χ0v) is 12.4. The fourth-order valence-corrected chi connectivity index (χ4v) is 4.79. The zero-order chi connectivity index (χ0) is 13.2. The van der Waals surface area contributed by atoms with Gasteiger partial charge in [-0.05, 0) is 38.3 Å². The second-order valence-electron chi connectivity index (χ2n) is 6.12. The van der Waals surface area contributed by atoms with Crippen LogP contribution in [-0.4, -0.2) is 56.5 Å². The first-order chi connectivity index (χ1) is 8.46. The molecule has 0 saturated carbocycles. The number of nitrogens with zero attached hydrogens (tertiary/aromatic N) is 1. The van der Waals surface area contributed by atoms with Crippen LogP contribution >= 0.6 is 0 Å². The van der Waals surface area contributed by atoms with Crippen molar-refractivity contribution >= 4 is 9.84 Å². The summed E-state index contributed by atoms with van der Waals surface area (Å²) in [6.45, 7) is 7.54. The van der Waals surface area contributed by atoms with Crippen LogP contribution in [0.25, 0.3) is 0 Å². The Hall–Kier alpha value is -0.130. The SMILES string of the molecule is CC(C)NCC1CCN(C2CCCS(=O)(=O)C2)C1. The van der Waals surface area contributed by atoms with Crippen molar-refractivity contribution in [3.63, 3.8) is 0 Å². The molecular weight excluding hydrogens is 248 g/mol. The number of nitrogens with one attached hydrogen (secondary N) is 1. The largest absolute Gasteiger partial charge is 0.314 e. The molecule has 2 atom stereocenters. The van der Waals surface area contributed by atoms with E-state index in [1.807, 2.05) is 0 Å². The summed E-state index contributed by atoms with van der Waals surface area (Å²) in [5.74, 6) is 1.48. The molecule has 2 aliphatic rings. The average Bonchev–Trinajstić information content (AvgIpc) is 2.73. The van der Waals surface area contributed by atoms with Gasteiger partial charge in [0.15, 0.2) is 9.84 Å². The molecule has 106 valence electrons. The molecule has 0 aromatic carbocycles. The highest BCUT2D eigenvalue weighted by molar-refractivity contribution is 7.91. The van der Waals surface area contributed by atoms with Gasteiger partial charge in [0.2, 0.25) is 0 Å². The third kappa shape index (κ3) is 3.93. The van der Waals surface area contributed by atoms with Crippen molar-refractivity contribution in [3.05, 3.63) is 0 Å². The van der Waals surface area contributed by atoms with Gasteiger partial charge in [-0.2, -0.15) is 0 Å². The van der Waals surface area contributed by atoms with Crippen LogP contribution in [0.2, 0.25) is 0 Å². The van der Waals surface area contributed by atoms with Gasteiger partial charge in [0.1, 0.15) is 0 Å². The molecule has 0 aromatic rings. The van der Waals surface area contributed by atoms with Gasteiger partial charge in [0, 0.05) is 18.6 Å². The smallest absolute Gasteiger partial charge is 0.151 e. The Kier molecular flexibility index (Phi) is 4.67. The lowest BCUT2D eigenvalue weighted by Gasteiger charge is -2.30. The normalized spacial score (nSPS) is 33.1. The molecule has 18 heavy (non-hydrogen) atoms. The van der Waals surface area contributed by atoms with Crippen LogP contribution in [0, 0.1) is 5.92 Å². The van der Waals surface area contributed by atoms with E-state index in [1.165, 1.54) is 6.42 Å². The summed E-state index contributed by atoms with van der Waals surface area (Å²) in [6.07, 6.45) is 3.11. The van der Waals surface area contributed by atoms with E-state index in [2.05, 4.69) is 24.1 Å². The molecule has 2 aliphatic heterocycles. The minimum absolute atomic E-state index is 0.285. The zero-order valence-electron chi connectivity index (χ0n) is 11.6. The van der Waals surface area contributed by atoms with Crippen LogP contribution in [0.3, 0.4) is 0 Å². The van der Waals surface area contributed by atoms with E-state index in [-0.39, 0.29) is 6.04 Å². The molecule has 0 aromatic heterocycles. The quantitative estimate of drug-likeness (QED) is 0.827. The van der Waals surface area contributed by atoms with Crippen molar-refractivity contribution in [3.8, 4) is 0 Å². The second-order valence-corrected chi connectivity index (χ2v) is 8.35. The van der Waals surface area contributed by atoms with Crippen LogP contribution in [0.5, 0.6) is 0 Å². The maximum absolute atomic E-state index is 11.7. The van der Waals surface area contributed by atoms with Crippen LogP contribution < -0.4 is 5.32 Å². The van der Waals surface area contributed by atoms with Crippen LogP contribution in [-0.2, 0) is 9.84 Å². The molecule has 2 saturated heterocycles. The predicted octanol–water partition coefficient (Wildman–Crippen LogP) is 0.884. The summed E-state index contributed by atoms with van der Waals surface area (Å²) < 4.78 is 23.4. The molecule has 0 amide bonds. The van der Waals surface area contributed by atoms with E-state index >= 15 is 0 Å². The Bertz CT molecular complexity index is 367. The topological polar surface area (TPSA) is 49.4 Å². The predicted molar refractivity (Wildman–Crippen MR) is 74.5 cm³/mol. The van der Waals surface area contributed by atoms with Gasteiger partial charge in [-0.15, -0.1) is 0 Å². The standard InChI is InChI=1S/C13H26N2O2S/c1-11(2)14-8-12-5-6-15(9-12)13-4-3-7-18(16,17)10-13/h11-14H,3-10H2,1-2H3. The Morgan fingerprint density at radius 2 is 2.11 bits per heavy atom. The van der Waals surface area contributed by atoms with Gasteiger partial charge < -0.3 is 5.32 Å². The minimum atomic E-state index is -2.77. The fraction of sp³-hybridized carbons (Fsp3) is 1.00. The molecule has 0 radical (unpaired) electrons. The van der Waals surface area contributed by atoms with Crippen molar-refractivity contribution in [2.45, 2.75) is 45.2 Å². The number of likely N-dealkylation sites (tertiary alicyclic amines) is 1. The first-order valence-electron chi connectivity index (χ1n) is 7.14. The number of rotatable bonds is 4. The van der Waals surface area contributed by atoms with E-state index in [9.17, 15) is 8.42 Å². The summed E-state index contributed by atoms with van der Waals surface area (Å²) >= 11 is 0. The van der Waals surface area contributed by atoms with Crippen LogP contribution in [0.4, 0.5) is 0 Å². The summed E-state index contributed by atoms with van der Waals surface area (Å²) in [5, 5.41) is 3.48. The highest BCUT2D eigenvalue weighted by Crippen LogP contribution is 2.24. The highest BCUT2D eigenvalue weighted by Gasteiger charge is 2.33. The molecule has 1 N–H and O–H groups in total. The molecule has 2 unspecified atom stereocenters. The minimum Gasteiger partial charge on any atom is -0.314 e. The Morgan fingerprint density at radius 1 is 1.33 bits per heavy atom. The molecule has 2 heterocycles. The van der Waals surface area contributed by atoms with Gasteiger partial charge in [0.25, 0.3) is 0 Å². The summed E-state index contributed by atoms with van der Waals surface area (Å²) in [6, 6.07) is 0.821. The molecular formula is C13H26N2O2S. The van der Waals surface area contributed by atoms with E-state index < -0.39 is 9.84 Å². The van der Waals surface area contributed by atoms with Gasteiger partial charge >= 0.3 is 0 Å². The molecule has 0 aliphatic carbocycles. The first kappa shape index (κ1) is 14.3. The van der Waals surface area contributed by atoms with Gasteiger partial charge in [0.05, 0.1) is 11.5 Å². The Morgan fingerprint density at radius 3 is 2.78 bits per heavy atom. The second kappa shape index (κ2) is 5.88. The van der Waals surface area contributed by atoms with Gasteiger partial charge in [-0.25, -0.2) is 8.42 Å². The third-order valence-corrected chi connectivity index (χ3v) is 5.89. The van der Waals surface area contributed by atoms with E-state index in [0.717, 1.165) is 32.5 Å². The lowest BCUT2D eigenvalue weighted by Crippen LogP contribution is -2.43. The van der Waals surface area contributed by atoms with Gasteiger partial charge in [-0.1, -0.05) is 13.8 Å². The van der Waals surface area contributed by atoms with Gasteiger partial charge in [-0.3, -0.25) is 4.90 Å². The first-order valence-corrected chi connectivity index (χ1v) is 8.96. The fourth-order valence-electron chi connectivity index (χ4n) is 3.05. The molecule has 2 fully saturated rings. The summed E-state index contributed by atoms with van der Waals surface area (Å²) in [4.78, 5) is 2.41. The van der Waals surface area contributed by atoms with E-state index in [0.29, 0.717) is 23.5 Å². The number of sulfone groups is 1. The maximum atomic E-state index is 11.7. The number of hydrogen-bond donors (Lipinski definition) is 1. The third-order valence-electron chi connectivity index (χ3n) is 4.09. The van der Waals surface area contributed by atoms with E-state index in [1.54, 1.807) is 0 Å². The summed E-state index contributed by atoms with van der Waals surface area (Å²) in [7, 11) is -2.77. The molecule has 2 rings (SSSR count). The van der Waals surface area contributed by atoms with Crippen LogP contribution in [0.15, 0.2) is 0 Å². The molecule has 0 bridgehead atoms. The van der Waals surface area contributed by atoms with E-state index in [4.69, 9.17) is 0 Å². The lowest BCUT2D eigenvalue weighted by atomic mass is 10.1. The lowest BCUT2D eigenvalue weighted by molar-refractivity contribution is 0.233. The van der Waals surface area contributed by atoms with Crippen molar-refractivity contribution in [2.24, 2.45) is 5.92 Å². The van der Waals surface area contributed by atoms with Crippen molar-refractivity contribution in [2.75, 3.05) is 31.1 Å². The van der Waals surface area contributed by atoms with Crippen molar-refractivity contribution < 1.29 is 8.42 Å². The summed E-state index contributed by atoms with van der Waals surface area (Å²) in [5.41, 5.74) is 0. The monoisotopic (exact) mass is 274 g/mol. The Labute approximate surface area is 111 Å². The number of hydrogen-bond acceptors (Lipinski definition) is 4. The average molecular weight is 274 g/mol. The highest BCUT2D eigenvalue weighted by atomic mass is 32.2.